The summed E-state index contributed by atoms with van der Waals surface area (Å²) in [5.41, 5.74) is 0. The molecule has 2 saturated carbocycles. The maximum atomic E-state index is 12.2. The summed E-state index contributed by atoms with van der Waals surface area (Å²) in [5.74, 6) is 3.34. The Kier molecular flexibility index (Phi) is 11.5. The van der Waals surface area contributed by atoms with Gasteiger partial charge in [-0.2, -0.15) is 0 Å². The molecule has 0 amide bonds. The lowest BCUT2D eigenvalue weighted by atomic mass is 9.66. The molecule has 0 aromatic heterocycles. The second-order valence-corrected chi connectivity index (χ2v) is 9.62. The van der Waals surface area contributed by atoms with Crippen LogP contribution >= 0.6 is 0 Å². The first-order valence-corrected chi connectivity index (χ1v) is 12.4. The van der Waals surface area contributed by atoms with E-state index in [1.54, 1.807) is 0 Å². The molecule has 0 radical (unpaired) electrons. The molecule has 0 heterocycles. The third kappa shape index (κ3) is 9.01. The molecule has 3 unspecified atom stereocenters. The van der Waals surface area contributed by atoms with Crippen LogP contribution in [-0.4, -0.2) is 12.6 Å². The summed E-state index contributed by atoms with van der Waals surface area (Å²) in [6, 6.07) is 0. The van der Waals surface area contributed by atoms with Gasteiger partial charge in [0.25, 0.3) is 0 Å². The van der Waals surface area contributed by atoms with Gasteiger partial charge in [-0.3, -0.25) is 4.79 Å². The monoisotopic (exact) mass is 378 g/mol. The molecule has 0 spiro atoms. The standard InChI is InChI=1S/C25H46O2/c1-3-4-5-6-7-8-9-13-18-27-25(26)20-22-16-17-24(21(2)19-22)23-14-11-10-12-15-23/h21-24H,3-20H2,1-2H3. The van der Waals surface area contributed by atoms with Crippen molar-refractivity contribution in [3.05, 3.63) is 0 Å². The molecule has 2 nitrogen and oxygen atoms in total. The zero-order chi connectivity index (χ0) is 19.3. The summed E-state index contributed by atoms with van der Waals surface area (Å²) < 4.78 is 5.53. The number of unbranched alkanes of at least 4 members (excludes halogenated alkanes) is 7. The van der Waals surface area contributed by atoms with Crippen molar-refractivity contribution in [1.82, 2.24) is 0 Å². The maximum Gasteiger partial charge on any atom is 0.306 e. The second kappa shape index (κ2) is 13.6. The van der Waals surface area contributed by atoms with Crippen molar-refractivity contribution in [3.8, 4) is 0 Å². The number of carbonyl (C=O) groups is 1. The van der Waals surface area contributed by atoms with Crippen LogP contribution in [-0.2, 0) is 9.53 Å². The van der Waals surface area contributed by atoms with Crippen molar-refractivity contribution in [3.63, 3.8) is 0 Å². The first-order valence-electron chi connectivity index (χ1n) is 12.4. The molecule has 2 aliphatic rings. The third-order valence-corrected chi connectivity index (χ3v) is 7.32. The van der Waals surface area contributed by atoms with Gasteiger partial charge in [0.2, 0.25) is 0 Å². The molecular formula is C25H46O2. The molecule has 2 rings (SSSR count). The van der Waals surface area contributed by atoms with Gasteiger partial charge in [0, 0.05) is 6.42 Å². The van der Waals surface area contributed by atoms with Crippen LogP contribution < -0.4 is 0 Å². The second-order valence-electron chi connectivity index (χ2n) is 9.62. The molecule has 0 bridgehead atoms. The van der Waals surface area contributed by atoms with Crippen LogP contribution in [0.15, 0.2) is 0 Å². The summed E-state index contributed by atoms with van der Waals surface area (Å²) in [6.45, 7) is 5.34. The zero-order valence-electron chi connectivity index (χ0n) is 18.4. The molecule has 2 fully saturated rings. The van der Waals surface area contributed by atoms with E-state index < -0.39 is 0 Å². The maximum absolute atomic E-state index is 12.2. The Morgan fingerprint density at radius 3 is 2.19 bits per heavy atom. The minimum absolute atomic E-state index is 0.0614. The van der Waals surface area contributed by atoms with Crippen LogP contribution in [0.25, 0.3) is 0 Å². The van der Waals surface area contributed by atoms with Crippen LogP contribution in [0.3, 0.4) is 0 Å². The molecule has 0 aromatic rings. The Labute approximate surface area is 169 Å². The summed E-state index contributed by atoms with van der Waals surface area (Å²) in [4.78, 5) is 12.2. The lowest BCUT2D eigenvalue weighted by Gasteiger charge is -2.40. The van der Waals surface area contributed by atoms with Crippen molar-refractivity contribution in [1.29, 1.82) is 0 Å². The van der Waals surface area contributed by atoms with Gasteiger partial charge in [-0.1, -0.05) is 90.9 Å². The number of carbonyl (C=O) groups excluding carboxylic acids is 1. The molecule has 2 aliphatic carbocycles. The minimum Gasteiger partial charge on any atom is -0.466 e. The summed E-state index contributed by atoms with van der Waals surface area (Å²) >= 11 is 0. The van der Waals surface area contributed by atoms with Gasteiger partial charge in [-0.25, -0.2) is 0 Å². The molecule has 0 saturated heterocycles. The highest BCUT2D eigenvalue weighted by molar-refractivity contribution is 5.69. The van der Waals surface area contributed by atoms with E-state index in [1.807, 2.05) is 0 Å². The average molecular weight is 379 g/mol. The van der Waals surface area contributed by atoms with Gasteiger partial charge < -0.3 is 4.74 Å². The van der Waals surface area contributed by atoms with E-state index in [1.165, 1.54) is 96.3 Å². The fraction of sp³-hybridized carbons (Fsp3) is 0.960. The predicted octanol–water partition coefficient (Wildman–Crippen LogP) is 7.69. The number of esters is 1. The van der Waals surface area contributed by atoms with Crippen molar-refractivity contribution in [2.24, 2.45) is 23.7 Å². The van der Waals surface area contributed by atoms with E-state index in [-0.39, 0.29) is 5.97 Å². The fourth-order valence-electron chi connectivity index (χ4n) is 5.70. The lowest BCUT2D eigenvalue weighted by molar-refractivity contribution is -0.145. The molecule has 27 heavy (non-hydrogen) atoms. The summed E-state index contributed by atoms with van der Waals surface area (Å²) in [6.07, 6.45) is 22.1. The van der Waals surface area contributed by atoms with Crippen molar-refractivity contribution >= 4 is 5.97 Å². The van der Waals surface area contributed by atoms with Gasteiger partial charge in [-0.05, 0) is 49.4 Å². The Morgan fingerprint density at radius 2 is 1.52 bits per heavy atom. The molecule has 0 aliphatic heterocycles. The van der Waals surface area contributed by atoms with E-state index in [4.69, 9.17) is 4.74 Å². The van der Waals surface area contributed by atoms with Crippen LogP contribution in [0.4, 0.5) is 0 Å². The average Bonchev–Trinajstić information content (AvgIpc) is 2.67. The number of rotatable bonds is 12. The quantitative estimate of drug-likeness (QED) is 0.257. The molecule has 0 aromatic carbocycles. The van der Waals surface area contributed by atoms with Crippen LogP contribution in [0.5, 0.6) is 0 Å². The molecular weight excluding hydrogens is 332 g/mol. The normalized spacial score (nSPS) is 26.8. The third-order valence-electron chi connectivity index (χ3n) is 7.32. The van der Waals surface area contributed by atoms with Crippen LogP contribution in [0.2, 0.25) is 0 Å². The minimum atomic E-state index is 0.0614. The van der Waals surface area contributed by atoms with Gasteiger partial charge in [0.15, 0.2) is 0 Å². The Bertz CT molecular complexity index is 386. The molecule has 3 atom stereocenters. The van der Waals surface area contributed by atoms with Gasteiger partial charge >= 0.3 is 5.97 Å². The van der Waals surface area contributed by atoms with Crippen LogP contribution in [0, 0.1) is 23.7 Å². The van der Waals surface area contributed by atoms with Crippen molar-refractivity contribution in [2.75, 3.05) is 6.61 Å². The van der Waals surface area contributed by atoms with Crippen molar-refractivity contribution in [2.45, 2.75) is 123 Å². The van der Waals surface area contributed by atoms with Gasteiger partial charge in [0.1, 0.15) is 0 Å². The largest absolute Gasteiger partial charge is 0.466 e. The Balaban J connectivity index is 1.50. The molecule has 2 heteroatoms. The highest BCUT2D eigenvalue weighted by atomic mass is 16.5. The highest BCUT2D eigenvalue weighted by Crippen LogP contribution is 2.43. The summed E-state index contributed by atoms with van der Waals surface area (Å²) in [7, 11) is 0. The molecule has 158 valence electrons. The topological polar surface area (TPSA) is 26.3 Å². The van der Waals surface area contributed by atoms with Crippen molar-refractivity contribution < 1.29 is 9.53 Å². The van der Waals surface area contributed by atoms with E-state index in [0.29, 0.717) is 18.9 Å². The highest BCUT2D eigenvalue weighted by Gasteiger charge is 2.34. The molecule has 0 N–H and O–H groups in total. The van der Waals surface area contributed by atoms with E-state index in [2.05, 4.69) is 13.8 Å². The first kappa shape index (κ1) is 22.8. The smallest absolute Gasteiger partial charge is 0.306 e. The van der Waals surface area contributed by atoms with Gasteiger partial charge in [-0.15, -0.1) is 0 Å². The fourth-order valence-corrected chi connectivity index (χ4v) is 5.70. The Hall–Kier alpha value is -0.530. The number of ether oxygens (including phenoxy) is 1. The SMILES string of the molecule is CCCCCCCCCCOC(=O)CC1CCC(C2CCCCC2)C(C)C1. The first-order chi connectivity index (χ1) is 13.2. The zero-order valence-corrected chi connectivity index (χ0v) is 18.4. The van der Waals surface area contributed by atoms with E-state index >= 15 is 0 Å². The predicted molar refractivity (Wildman–Crippen MR) is 115 cm³/mol. The summed E-state index contributed by atoms with van der Waals surface area (Å²) in [5, 5.41) is 0. The van der Waals surface area contributed by atoms with Gasteiger partial charge in [0.05, 0.1) is 6.61 Å². The van der Waals surface area contributed by atoms with E-state index in [0.717, 1.165) is 24.2 Å². The Morgan fingerprint density at radius 1 is 0.852 bits per heavy atom. The number of hydrogen-bond acceptors (Lipinski definition) is 2. The van der Waals surface area contributed by atoms with Crippen LogP contribution in [0.1, 0.15) is 123 Å². The lowest BCUT2D eigenvalue weighted by Crippen LogP contribution is -2.31. The number of hydrogen-bond donors (Lipinski definition) is 0. The van der Waals surface area contributed by atoms with E-state index in [9.17, 15) is 4.79 Å².